The zero-order valence-electron chi connectivity index (χ0n) is 71.7. The summed E-state index contributed by atoms with van der Waals surface area (Å²) in [4.78, 5) is 125. The second-order valence-electron chi connectivity index (χ2n) is 33.5. The highest BCUT2D eigenvalue weighted by atomic mass is 35.5. The average Bonchev–Trinajstić information content (AvgIpc) is 1.61. The van der Waals surface area contributed by atoms with Crippen LogP contribution in [0.5, 0.6) is 11.5 Å². The Morgan fingerprint density at radius 1 is 0.643 bits per heavy atom. The lowest BCUT2D eigenvalue weighted by Crippen LogP contribution is -2.60. The van der Waals surface area contributed by atoms with E-state index in [2.05, 4.69) is 27.8 Å². The number of urea groups is 1. The van der Waals surface area contributed by atoms with Crippen molar-refractivity contribution in [3.8, 4) is 23.3 Å². The molecule has 6 aromatic carbocycles. The number of nitrogens with two attached hydrogens (primary N) is 1. The van der Waals surface area contributed by atoms with Crippen LogP contribution in [0, 0.1) is 47.3 Å². The van der Waals surface area contributed by atoms with E-state index in [4.69, 9.17) is 66.8 Å². The van der Waals surface area contributed by atoms with Crippen molar-refractivity contribution >= 4 is 137 Å². The van der Waals surface area contributed by atoms with Gasteiger partial charge in [-0.15, -0.1) is 35.0 Å². The molecule has 3 fully saturated rings. The van der Waals surface area contributed by atoms with Crippen LogP contribution in [0.4, 0.5) is 26.7 Å². The summed E-state index contributed by atoms with van der Waals surface area (Å²) in [6, 6.07) is 27.3. The summed E-state index contributed by atoms with van der Waals surface area (Å²) in [5, 5.41) is 85.1. The number of carbonyl (C=O) groups excluding carboxylic acids is 9. The van der Waals surface area contributed by atoms with Gasteiger partial charge in [-0.1, -0.05) is 106 Å². The minimum atomic E-state index is -4.02. The summed E-state index contributed by atoms with van der Waals surface area (Å²) in [6.07, 6.45) is -5.44. The molecule has 6 aliphatic rings. The van der Waals surface area contributed by atoms with Crippen molar-refractivity contribution in [3.63, 3.8) is 0 Å². The molecule has 12 rings (SSSR count). The van der Waals surface area contributed by atoms with Gasteiger partial charge in [-0.2, -0.15) is 0 Å². The van der Waals surface area contributed by atoms with Gasteiger partial charge in [0.05, 0.1) is 74.1 Å². The lowest BCUT2D eigenvalue weighted by atomic mass is 9.90. The molecule has 13 N–H and O–H groups in total. The Bertz CT molecular complexity index is 5260. The quantitative estimate of drug-likeness (QED) is 0.00444. The van der Waals surface area contributed by atoms with E-state index in [0.717, 1.165) is 36.8 Å². The number of Topliss-reactive ketones (excluding diaryl/α,β-unsaturated/α-hetero) is 1. The smallest absolute Gasteiger partial charge is 0.420 e. The molecule has 6 aromatic rings. The van der Waals surface area contributed by atoms with Crippen LogP contribution in [-0.4, -0.2) is 236 Å². The third-order valence-corrected chi connectivity index (χ3v) is 26.4. The maximum absolute atomic E-state index is 14.8. The number of ketones is 1. The van der Waals surface area contributed by atoms with Crippen LogP contribution in [0.3, 0.4) is 0 Å². The Morgan fingerprint density at radius 2 is 1.22 bits per heavy atom. The number of benzene rings is 6. The topological polar surface area (TPSA) is 484 Å². The van der Waals surface area contributed by atoms with E-state index in [1.54, 1.807) is 106 Å². The van der Waals surface area contributed by atoms with Crippen LogP contribution in [0.15, 0.2) is 115 Å². The Hall–Kier alpha value is -10.4. The number of aliphatic hydroxyl groups is 7. The van der Waals surface area contributed by atoms with Crippen molar-refractivity contribution in [2.75, 3.05) is 91.9 Å². The third-order valence-electron chi connectivity index (χ3n) is 24.4. The second-order valence-corrected chi connectivity index (χ2v) is 36.0. The van der Waals surface area contributed by atoms with Gasteiger partial charge in [0.1, 0.15) is 55.2 Å². The number of nitrogens with zero attached hydrogens (tertiary/aromatic N) is 2. The average molecular weight is 1850 g/mol. The molecule has 1 unspecified atom stereocenters. The molecule has 4 heterocycles. The Labute approximate surface area is 756 Å². The van der Waals surface area contributed by atoms with Crippen molar-refractivity contribution in [1.82, 2.24) is 15.4 Å². The van der Waals surface area contributed by atoms with Crippen LogP contribution < -0.4 is 45.7 Å². The van der Waals surface area contributed by atoms with Gasteiger partial charge in [0, 0.05) is 129 Å². The standard InChI is InChI=1S/C93H111Cl2N7O26S/c1-52(2)66(41-81(110)122-37-36-121-35-14-38-129(119,120)100-93(118)124-51-67-60-15-6-4-5-7-16-61(60)67)89(116)99-68(21-13-34-97-92(96)117)72(105)40-55-24-26-56(27-25-55)50-123-80(109)23-12-22-77(106)98-69-39-54(29-32-78(107)101-46-58(44-94)82-65-20-11-9-18-63(65)74(42-70(82)101)126-91-88(115)86(113)85(112)76(49-104)128-91)28-30-57(69)31-33-79(108)102-47-59(45-95)83-64-19-10-8-17-62(64)73(43-71(83)102)125-90-87(114)84(111)53(3)75(48-103)127-90/h8-11,17-20,24-33,39,42-43,52-53,58-61,66-68,75-76,84-88,90-91,103-104,111-115H,6-7,12-16,21-23,34-38,40-41,44-51H2,1-3H3,(H,98,106)(H,99,116)(H,100,118)(H3,96,97,117)/b32-29+,33-31+/t53-,58-,59-,60-,61+,66+,67?,68+,75-,76-,84+,85-,86+,87-,88-,90-,91+/m1/s1. The molecule has 0 spiro atoms. The van der Waals surface area contributed by atoms with Gasteiger partial charge >= 0.3 is 24.1 Å². The zero-order valence-corrected chi connectivity index (χ0v) is 74.0. The molecule has 0 bridgehead atoms. The molecular weight excluding hydrogens is 1730 g/mol. The number of fused-ring (bicyclic) bond motifs is 7. The fourth-order valence-corrected chi connectivity index (χ4v) is 18.6. The molecule has 2 aliphatic carbocycles. The van der Waals surface area contributed by atoms with E-state index in [9.17, 15) is 87.3 Å². The monoisotopic (exact) mass is 1840 g/mol. The van der Waals surface area contributed by atoms with Crippen LogP contribution >= 0.6 is 23.2 Å². The van der Waals surface area contributed by atoms with Crippen molar-refractivity contribution in [2.45, 2.75) is 178 Å². The SMILES string of the molecule is CC(C)[C@H](CC(=O)OCCOCCCS(=O)(=O)NC(=O)OCC1[C@H]2CCC#CCC[C@@H]12)C(=O)N[C@@H](CCCNC(N)=O)C(=O)Cc1ccc(COC(=O)CCCC(=O)Nc2cc(/C=C/C(=O)N3C[C@@H](CCl)c4c3cc(O[C@H]3O[C@H](CO)[C@@H](O)[C@H](O)[C@H]3O)c3ccccc43)ccc2/C=C/C(=O)N2C[C@@H](CCl)c3c2cc(O[C@@H]2O[C@H](CO)[C@@H](C)[C@H](O)[C@H]2O)c2ccccc32)cc1. The van der Waals surface area contributed by atoms with Gasteiger partial charge in [0.2, 0.25) is 34.4 Å². The number of esters is 2. The summed E-state index contributed by atoms with van der Waals surface area (Å²) in [7, 11) is -4.02. The lowest BCUT2D eigenvalue weighted by Gasteiger charge is -2.40. The van der Waals surface area contributed by atoms with Gasteiger partial charge in [0.15, 0.2) is 5.78 Å². The Balaban J connectivity index is 0.666. The number of carbonyl (C=O) groups is 9. The molecule has 7 amide bonds. The molecule has 2 saturated heterocycles. The van der Waals surface area contributed by atoms with Crippen molar-refractivity contribution in [1.29, 1.82) is 0 Å². The Kier molecular flexibility index (Phi) is 34.4. The van der Waals surface area contributed by atoms with Crippen LogP contribution in [0.1, 0.15) is 137 Å². The summed E-state index contributed by atoms with van der Waals surface area (Å²) < 4.78 is 73.0. The fraction of sp³-hybridized carbons (Fsp3) is 0.495. The number of hydrogen-bond donors (Lipinski definition) is 12. The minimum absolute atomic E-state index is 0.0202. The van der Waals surface area contributed by atoms with Crippen molar-refractivity contribution in [3.05, 3.63) is 149 Å². The largest absolute Gasteiger partial charge is 0.463 e. The van der Waals surface area contributed by atoms with Crippen LogP contribution in [0.2, 0.25) is 0 Å². The zero-order chi connectivity index (χ0) is 92.3. The molecule has 0 aromatic heterocycles. The maximum atomic E-state index is 14.8. The van der Waals surface area contributed by atoms with E-state index in [1.165, 1.54) is 34.1 Å². The van der Waals surface area contributed by atoms with Gasteiger partial charge in [0.25, 0.3) is 11.8 Å². The molecule has 36 heteroatoms. The van der Waals surface area contributed by atoms with Crippen LogP contribution in [-0.2, 0) is 85.0 Å². The van der Waals surface area contributed by atoms with Gasteiger partial charge in [-0.25, -0.2) is 22.7 Å². The van der Waals surface area contributed by atoms with E-state index in [0.29, 0.717) is 67.0 Å². The van der Waals surface area contributed by atoms with Crippen LogP contribution in [0.25, 0.3) is 33.7 Å². The summed E-state index contributed by atoms with van der Waals surface area (Å²) >= 11 is 13.3. The van der Waals surface area contributed by atoms with E-state index in [-0.39, 0.29) is 157 Å². The number of rotatable bonds is 41. The maximum Gasteiger partial charge on any atom is 0.420 e. The number of ether oxygens (including phenoxy) is 8. The molecule has 0 radical (unpaired) electrons. The molecule has 4 aliphatic heterocycles. The first kappa shape index (κ1) is 97.7. The van der Waals surface area contributed by atoms with E-state index < -0.39 is 156 Å². The number of sulfonamides is 1. The van der Waals surface area contributed by atoms with Crippen molar-refractivity contribution in [2.24, 2.45) is 41.2 Å². The van der Waals surface area contributed by atoms with Gasteiger partial charge in [-0.05, 0) is 125 Å². The molecule has 129 heavy (non-hydrogen) atoms. The summed E-state index contributed by atoms with van der Waals surface area (Å²) in [5.74, 6) is 0.896. The molecule has 694 valence electrons. The highest BCUT2D eigenvalue weighted by molar-refractivity contribution is 7.90. The predicted molar refractivity (Wildman–Crippen MR) is 476 cm³/mol. The normalized spacial score (nSPS) is 23.9. The first-order valence-corrected chi connectivity index (χ1v) is 46.1. The predicted octanol–water partition coefficient (Wildman–Crippen LogP) is 7.40. The number of hydrogen-bond acceptors (Lipinski definition) is 26. The highest BCUT2D eigenvalue weighted by Crippen LogP contribution is 2.53. The number of nitrogens with one attached hydrogen (secondary N) is 4. The van der Waals surface area contributed by atoms with E-state index >= 15 is 0 Å². The number of anilines is 3. The number of amides is 7. The first-order valence-electron chi connectivity index (χ1n) is 43.4. The minimum Gasteiger partial charge on any atom is -0.463 e. The lowest BCUT2D eigenvalue weighted by molar-refractivity contribution is -0.277. The van der Waals surface area contributed by atoms with Gasteiger partial charge in [-0.3, -0.25) is 33.6 Å². The summed E-state index contributed by atoms with van der Waals surface area (Å²) in [6.45, 7) is 3.95. The molecular formula is C93H111Cl2N7O26S. The van der Waals surface area contributed by atoms with E-state index in [1.807, 2.05) is 22.9 Å². The molecule has 17 atom stereocenters. The van der Waals surface area contributed by atoms with Gasteiger partial charge < -0.3 is 105 Å². The first-order chi connectivity index (χ1) is 62.0. The second kappa shape index (κ2) is 45.5. The number of aliphatic hydroxyl groups excluding tert-OH is 7. The number of alkyl halides is 2. The highest BCUT2D eigenvalue weighted by Gasteiger charge is 2.50. The number of halogens is 2. The summed E-state index contributed by atoms with van der Waals surface area (Å²) in [5.41, 5.74) is 9.70. The molecule has 1 saturated carbocycles. The molecule has 33 nitrogen and oxygen atoms in total. The number of primary amides is 1. The fourth-order valence-electron chi connectivity index (χ4n) is 17.1. The third kappa shape index (κ3) is 25.0. The Morgan fingerprint density at radius 3 is 1.81 bits per heavy atom. The van der Waals surface area contributed by atoms with Crippen molar-refractivity contribution < 1.29 is 125 Å².